The van der Waals surface area contributed by atoms with Crippen LogP contribution in [0.5, 0.6) is 0 Å². The predicted octanol–water partition coefficient (Wildman–Crippen LogP) is 3.17. The summed E-state index contributed by atoms with van der Waals surface area (Å²) in [5, 5.41) is 10.2. The average Bonchev–Trinajstić information content (AvgIpc) is 3.54. The van der Waals surface area contributed by atoms with E-state index < -0.39 is 12.0 Å². The number of furan rings is 1. The molecule has 1 atom stereocenters. The number of piperazine rings is 1. The summed E-state index contributed by atoms with van der Waals surface area (Å²) in [5.41, 5.74) is 3.60. The van der Waals surface area contributed by atoms with Crippen LogP contribution >= 0.6 is 0 Å². The predicted molar refractivity (Wildman–Crippen MR) is 126 cm³/mol. The molecule has 2 fully saturated rings. The van der Waals surface area contributed by atoms with Crippen molar-refractivity contribution in [1.29, 1.82) is 5.26 Å². The van der Waals surface area contributed by atoms with Gasteiger partial charge in [-0.3, -0.25) is 4.79 Å². The number of nitriles is 1. The minimum atomic E-state index is -0.820. The van der Waals surface area contributed by atoms with Gasteiger partial charge in [0.2, 0.25) is 0 Å². The maximum absolute atomic E-state index is 13.1. The van der Waals surface area contributed by atoms with Crippen LogP contribution in [0.25, 0.3) is 0 Å². The Labute approximate surface area is 204 Å². The number of fused-ring (bicyclic) bond motifs is 1. The molecule has 0 N–H and O–H groups in total. The van der Waals surface area contributed by atoms with E-state index in [1.165, 1.54) is 17.4 Å². The molecular weight excluding hydrogens is 448 g/mol. The van der Waals surface area contributed by atoms with Gasteiger partial charge in [-0.05, 0) is 45.2 Å². The number of ether oxygens (including phenoxy) is 2. The molecule has 2 aliphatic heterocycles. The van der Waals surface area contributed by atoms with Crippen LogP contribution in [0.1, 0.15) is 72.3 Å². The molecule has 2 aromatic rings. The van der Waals surface area contributed by atoms with Crippen molar-refractivity contribution < 1.29 is 23.5 Å². The summed E-state index contributed by atoms with van der Waals surface area (Å²) in [6, 6.07) is 3.17. The first-order valence-electron chi connectivity index (χ1n) is 12.2. The second-order valence-corrected chi connectivity index (χ2v) is 9.99. The average molecular weight is 479 g/mol. The van der Waals surface area contributed by atoms with Gasteiger partial charge in [-0.2, -0.15) is 5.26 Å². The lowest BCUT2D eigenvalue weighted by atomic mass is 9.87. The third kappa shape index (κ3) is 4.39. The largest absolute Gasteiger partial charge is 0.472 e. The van der Waals surface area contributed by atoms with Gasteiger partial charge in [0.15, 0.2) is 0 Å². The quantitative estimate of drug-likeness (QED) is 0.603. The van der Waals surface area contributed by atoms with E-state index >= 15 is 0 Å². The van der Waals surface area contributed by atoms with Gasteiger partial charge in [-0.15, -0.1) is 0 Å². The van der Waals surface area contributed by atoms with E-state index in [1.54, 1.807) is 13.0 Å². The Bertz CT molecular complexity index is 1180. The number of carbonyl (C=O) groups excluding carboxylic acids is 2. The summed E-state index contributed by atoms with van der Waals surface area (Å²) in [6.07, 6.45) is 5.59. The Morgan fingerprint density at radius 2 is 2.09 bits per heavy atom. The highest BCUT2D eigenvalue weighted by Gasteiger charge is 2.41. The van der Waals surface area contributed by atoms with E-state index in [4.69, 9.17) is 18.9 Å². The minimum absolute atomic E-state index is 0.201. The zero-order valence-corrected chi connectivity index (χ0v) is 20.4. The second kappa shape index (κ2) is 9.00. The maximum atomic E-state index is 13.1. The second-order valence-electron chi connectivity index (χ2n) is 9.99. The summed E-state index contributed by atoms with van der Waals surface area (Å²) in [7, 11) is 0. The van der Waals surface area contributed by atoms with Crippen molar-refractivity contribution >= 4 is 17.7 Å². The molecule has 0 radical (unpaired) electrons. The van der Waals surface area contributed by atoms with Crippen LogP contribution in [-0.4, -0.2) is 59.6 Å². The molecule has 0 spiro atoms. The van der Waals surface area contributed by atoms with E-state index in [0.717, 1.165) is 29.7 Å². The number of carbonyl (C=O) groups is 2. The summed E-state index contributed by atoms with van der Waals surface area (Å²) >= 11 is 0. The van der Waals surface area contributed by atoms with Crippen LogP contribution in [0.4, 0.5) is 5.82 Å². The number of amides is 1. The van der Waals surface area contributed by atoms with Crippen LogP contribution in [0, 0.1) is 11.3 Å². The van der Waals surface area contributed by atoms with E-state index in [1.807, 2.05) is 18.7 Å². The lowest BCUT2D eigenvalue weighted by molar-refractivity contribution is -0.148. The smallest absolute Gasteiger partial charge is 0.330 e. The van der Waals surface area contributed by atoms with Gasteiger partial charge >= 0.3 is 5.97 Å². The van der Waals surface area contributed by atoms with Gasteiger partial charge in [-0.25, -0.2) is 9.78 Å². The van der Waals surface area contributed by atoms with Gasteiger partial charge in [-0.1, -0.05) is 0 Å². The van der Waals surface area contributed by atoms with E-state index in [0.29, 0.717) is 49.0 Å². The number of rotatable bonds is 5. The first kappa shape index (κ1) is 23.4. The summed E-state index contributed by atoms with van der Waals surface area (Å²) in [4.78, 5) is 34.6. The Kier molecular flexibility index (Phi) is 6.01. The van der Waals surface area contributed by atoms with Gasteiger partial charge < -0.3 is 23.7 Å². The van der Waals surface area contributed by atoms with Crippen LogP contribution < -0.4 is 4.90 Å². The molecule has 4 heterocycles. The molecule has 9 nitrogen and oxygen atoms in total. The lowest BCUT2D eigenvalue weighted by Crippen LogP contribution is -2.59. The normalized spacial score (nSPS) is 21.3. The molecular formula is C26H30N4O5. The molecule has 3 aliphatic rings. The first-order chi connectivity index (χ1) is 16.8. The van der Waals surface area contributed by atoms with E-state index in [9.17, 15) is 14.9 Å². The highest BCUT2D eigenvalue weighted by molar-refractivity contribution is 5.97. The number of esters is 1. The Balaban J connectivity index is 1.52. The third-order valence-corrected chi connectivity index (χ3v) is 6.98. The number of aromatic nitrogens is 1. The standard InChI is InChI=1S/C26H30N4O5/c1-4-34-25(32)21-13-29(8-9-30(21)24(31)17-7-10-33-14-17)23-19(12-27)18-11-26(2,3)35-15-20(18)22(28-23)16-5-6-16/h7,10,14,16,21H,4-6,8-9,11,13,15H2,1-3H3/t21-/m1/s1. The van der Waals surface area contributed by atoms with Crippen molar-refractivity contribution in [3.63, 3.8) is 0 Å². The Hall–Kier alpha value is -3.38. The molecule has 1 aliphatic carbocycles. The van der Waals surface area contributed by atoms with Crippen LogP contribution in [-0.2, 0) is 27.3 Å². The maximum Gasteiger partial charge on any atom is 0.330 e. The fourth-order valence-electron chi connectivity index (χ4n) is 5.03. The molecule has 9 heteroatoms. The molecule has 0 bridgehead atoms. The summed E-state index contributed by atoms with van der Waals surface area (Å²) in [6.45, 7) is 7.42. The molecule has 1 saturated carbocycles. The third-order valence-electron chi connectivity index (χ3n) is 6.98. The fraction of sp³-hybridized carbons (Fsp3) is 0.538. The topological polar surface area (TPSA) is 109 Å². The van der Waals surface area contributed by atoms with Crippen molar-refractivity contribution in [1.82, 2.24) is 9.88 Å². The van der Waals surface area contributed by atoms with Crippen LogP contribution in [0.2, 0.25) is 0 Å². The van der Waals surface area contributed by atoms with Gasteiger partial charge in [0.1, 0.15) is 24.2 Å². The summed E-state index contributed by atoms with van der Waals surface area (Å²) in [5.74, 6) is 0.218. The highest BCUT2D eigenvalue weighted by atomic mass is 16.5. The molecule has 35 heavy (non-hydrogen) atoms. The molecule has 1 saturated heterocycles. The first-order valence-corrected chi connectivity index (χ1v) is 12.2. The molecule has 2 aromatic heterocycles. The van der Waals surface area contributed by atoms with Crippen molar-refractivity contribution in [3.05, 3.63) is 46.5 Å². The number of nitrogens with zero attached hydrogens (tertiary/aromatic N) is 4. The Morgan fingerprint density at radius 3 is 2.74 bits per heavy atom. The number of pyridine rings is 1. The summed E-state index contributed by atoms with van der Waals surface area (Å²) < 4.78 is 16.5. The van der Waals surface area contributed by atoms with Gasteiger partial charge in [0.05, 0.1) is 48.4 Å². The van der Waals surface area contributed by atoms with Crippen molar-refractivity contribution in [2.75, 3.05) is 31.1 Å². The Morgan fingerprint density at radius 1 is 1.29 bits per heavy atom. The number of anilines is 1. The van der Waals surface area contributed by atoms with Crippen molar-refractivity contribution in [3.8, 4) is 6.07 Å². The molecule has 0 unspecified atom stereocenters. The zero-order chi connectivity index (χ0) is 24.7. The van der Waals surface area contributed by atoms with Crippen molar-refractivity contribution in [2.45, 2.75) is 64.2 Å². The van der Waals surface area contributed by atoms with E-state index in [2.05, 4.69) is 6.07 Å². The fourth-order valence-corrected chi connectivity index (χ4v) is 5.03. The lowest BCUT2D eigenvalue weighted by Gasteiger charge is -2.41. The van der Waals surface area contributed by atoms with Crippen LogP contribution in [0.3, 0.4) is 0 Å². The van der Waals surface area contributed by atoms with Gasteiger partial charge in [0, 0.05) is 31.0 Å². The molecule has 5 rings (SSSR count). The number of hydrogen-bond acceptors (Lipinski definition) is 8. The SMILES string of the molecule is CCOC(=O)[C@H]1CN(c2nc(C3CC3)c3c(c2C#N)CC(C)(C)OC3)CCN1C(=O)c1ccoc1. The minimum Gasteiger partial charge on any atom is -0.472 e. The van der Waals surface area contributed by atoms with E-state index in [-0.39, 0.29) is 24.7 Å². The highest BCUT2D eigenvalue weighted by Crippen LogP contribution is 2.45. The van der Waals surface area contributed by atoms with Gasteiger partial charge in [0.25, 0.3) is 5.91 Å². The molecule has 1 amide bonds. The number of hydrogen-bond donors (Lipinski definition) is 0. The monoisotopic (exact) mass is 478 g/mol. The molecule has 0 aromatic carbocycles. The van der Waals surface area contributed by atoms with Crippen molar-refractivity contribution in [2.24, 2.45) is 0 Å². The van der Waals surface area contributed by atoms with Crippen LogP contribution in [0.15, 0.2) is 23.0 Å². The zero-order valence-electron chi connectivity index (χ0n) is 20.4. The molecule has 184 valence electrons.